The van der Waals surface area contributed by atoms with E-state index >= 15 is 4.39 Å². The fourth-order valence-corrected chi connectivity index (χ4v) is 4.13. The number of aliphatic hydroxyl groups excluding tert-OH is 1. The van der Waals surface area contributed by atoms with E-state index in [2.05, 4.69) is 16.9 Å². The Morgan fingerprint density at radius 1 is 1.24 bits per heavy atom. The highest BCUT2D eigenvalue weighted by Crippen LogP contribution is 2.25. The van der Waals surface area contributed by atoms with Gasteiger partial charge >= 0.3 is 0 Å². The summed E-state index contributed by atoms with van der Waals surface area (Å²) >= 11 is 0. The maximum absolute atomic E-state index is 15.0. The largest absolute Gasteiger partial charge is 0.389 e. The van der Waals surface area contributed by atoms with Crippen LogP contribution in [0.25, 0.3) is 10.9 Å². The van der Waals surface area contributed by atoms with Crippen LogP contribution in [0.4, 0.5) is 4.39 Å². The van der Waals surface area contributed by atoms with Crippen LogP contribution >= 0.6 is 0 Å². The summed E-state index contributed by atoms with van der Waals surface area (Å²) in [6, 6.07) is 10.1. The predicted molar refractivity (Wildman–Crippen MR) is 121 cm³/mol. The van der Waals surface area contributed by atoms with Gasteiger partial charge in [-0.1, -0.05) is 24.0 Å². The molecule has 2 aromatic carbocycles. The Hall–Kier alpha value is -3.26. The number of sulfone groups is 1. The summed E-state index contributed by atoms with van der Waals surface area (Å²) in [6.45, 7) is 2.87. The van der Waals surface area contributed by atoms with Gasteiger partial charge in [0.25, 0.3) is 5.91 Å². The van der Waals surface area contributed by atoms with Crippen LogP contribution < -0.4 is 5.48 Å². The summed E-state index contributed by atoms with van der Waals surface area (Å²) in [5.74, 6) is 4.07. The maximum atomic E-state index is 15.0. The van der Waals surface area contributed by atoms with Crippen molar-refractivity contribution in [1.82, 2.24) is 15.3 Å². The van der Waals surface area contributed by atoms with E-state index in [1.165, 1.54) is 29.3 Å². The van der Waals surface area contributed by atoms with Crippen molar-refractivity contribution in [1.29, 1.82) is 0 Å². The van der Waals surface area contributed by atoms with Crippen LogP contribution in [0.1, 0.15) is 43.1 Å². The number of hydroxylamine groups is 1. The van der Waals surface area contributed by atoms with E-state index in [-0.39, 0.29) is 23.9 Å². The average molecular weight is 474 g/mol. The number of nitrogens with zero attached hydrogens (tertiary/aromatic N) is 2. The fraction of sp³-hybridized carbons (Fsp3) is 0.304. The standard InChI is InChI=1S/C23H24FN3O5S/c1-15(28)17-7-4-16(5-8-17)6-9-18-10-11-20-19(21(18)24)14-25-27(20)13-12-23(2,22(29)26-30)33(3,31)32/h4-5,7-8,10-11,14-15,28,30H,12-13H2,1-3H3,(H,26,29)/t15-,23?/m1/s1. The number of aromatic nitrogens is 2. The SMILES string of the molecule is C[C@@H](O)c1ccc(C#Cc2ccc3c(cnn3CCC(C)(C(=O)NO)S(C)(=O)=O)c2F)cc1. The molecule has 0 aliphatic carbocycles. The van der Waals surface area contributed by atoms with Crippen LogP contribution in [0.5, 0.6) is 0 Å². The molecule has 3 N–H and O–H groups in total. The van der Waals surface area contributed by atoms with Gasteiger partial charge in [0.15, 0.2) is 14.6 Å². The number of amides is 1. The van der Waals surface area contributed by atoms with E-state index in [0.29, 0.717) is 11.1 Å². The van der Waals surface area contributed by atoms with Crippen molar-refractivity contribution < 1.29 is 27.9 Å². The lowest BCUT2D eigenvalue weighted by atomic mass is 10.1. The van der Waals surface area contributed by atoms with E-state index in [1.54, 1.807) is 37.3 Å². The number of carbonyl (C=O) groups is 1. The second-order valence-corrected chi connectivity index (χ2v) is 10.4. The zero-order valence-corrected chi connectivity index (χ0v) is 19.1. The molecule has 0 aliphatic rings. The number of hydrogen-bond donors (Lipinski definition) is 3. The molecular weight excluding hydrogens is 449 g/mol. The van der Waals surface area contributed by atoms with Crippen molar-refractivity contribution in [3.05, 3.63) is 65.1 Å². The summed E-state index contributed by atoms with van der Waals surface area (Å²) in [6.07, 6.45) is 1.46. The minimum Gasteiger partial charge on any atom is -0.389 e. The Morgan fingerprint density at radius 3 is 2.48 bits per heavy atom. The van der Waals surface area contributed by atoms with Crippen LogP contribution in [0, 0.1) is 17.7 Å². The van der Waals surface area contributed by atoms with Crippen molar-refractivity contribution >= 4 is 26.6 Å². The van der Waals surface area contributed by atoms with Gasteiger partial charge in [-0.25, -0.2) is 18.3 Å². The number of halogens is 1. The van der Waals surface area contributed by atoms with Crippen molar-refractivity contribution in [2.45, 2.75) is 37.7 Å². The topological polar surface area (TPSA) is 122 Å². The molecule has 0 bridgehead atoms. The van der Waals surface area contributed by atoms with Crippen LogP contribution in [-0.4, -0.2) is 45.4 Å². The van der Waals surface area contributed by atoms with E-state index in [4.69, 9.17) is 5.21 Å². The zero-order valence-electron chi connectivity index (χ0n) is 18.3. The molecule has 1 aromatic heterocycles. The van der Waals surface area contributed by atoms with Gasteiger partial charge in [0, 0.05) is 18.4 Å². The Balaban J connectivity index is 1.87. The Kier molecular flexibility index (Phi) is 6.88. The molecule has 174 valence electrons. The van der Waals surface area contributed by atoms with Crippen LogP contribution in [0.3, 0.4) is 0 Å². The van der Waals surface area contributed by atoms with Gasteiger partial charge in [-0.05, 0) is 50.1 Å². The summed E-state index contributed by atoms with van der Waals surface area (Å²) < 4.78 is 38.8. The smallest absolute Gasteiger partial charge is 0.264 e. The summed E-state index contributed by atoms with van der Waals surface area (Å²) in [7, 11) is -3.86. The normalized spacial score (nSPS) is 14.2. The van der Waals surface area contributed by atoms with Gasteiger partial charge in [-0.15, -0.1) is 0 Å². The first-order valence-electron chi connectivity index (χ1n) is 10.1. The van der Waals surface area contributed by atoms with Crippen molar-refractivity contribution in [3.8, 4) is 11.8 Å². The van der Waals surface area contributed by atoms with Crippen LogP contribution in [0.2, 0.25) is 0 Å². The highest BCUT2D eigenvalue weighted by molar-refractivity contribution is 7.92. The molecule has 0 spiro atoms. The van der Waals surface area contributed by atoms with E-state index in [0.717, 1.165) is 11.8 Å². The third-order valence-electron chi connectivity index (χ3n) is 5.70. The van der Waals surface area contributed by atoms with Crippen LogP contribution in [0.15, 0.2) is 42.6 Å². The van der Waals surface area contributed by atoms with Crippen molar-refractivity contribution in [2.75, 3.05) is 6.26 Å². The Morgan fingerprint density at radius 2 is 1.91 bits per heavy atom. The van der Waals surface area contributed by atoms with Gasteiger partial charge in [0.1, 0.15) is 5.82 Å². The molecule has 10 heteroatoms. The summed E-state index contributed by atoms with van der Waals surface area (Å²) in [4.78, 5) is 12.0. The summed E-state index contributed by atoms with van der Waals surface area (Å²) in [5, 5.41) is 22.8. The number of aliphatic hydroxyl groups is 1. The van der Waals surface area contributed by atoms with Crippen molar-refractivity contribution in [3.63, 3.8) is 0 Å². The molecule has 8 nitrogen and oxygen atoms in total. The van der Waals surface area contributed by atoms with E-state index in [1.807, 2.05) is 0 Å². The maximum Gasteiger partial charge on any atom is 0.264 e. The van der Waals surface area contributed by atoms with Crippen molar-refractivity contribution in [2.24, 2.45) is 0 Å². The third kappa shape index (κ3) is 4.90. The number of carbonyl (C=O) groups excluding carboxylic acids is 1. The monoisotopic (exact) mass is 473 g/mol. The minimum absolute atomic E-state index is 0.000579. The number of fused-ring (bicyclic) bond motifs is 1. The number of benzene rings is 2. The summed E-state index contributed by atoms with van der Waals surface area (Å²) in [5.41, 5.74) is 3.40. The molecule has 3 rings (SSSR count). The molecule has 2 atom stereocenters. The van der Waals surface area contributed by atoms with Gasteiger partial charge in [-0.2, -0.15) is 5.10 Å². The molecule has 0 saturated carbocycles. The van der Waals surface area contributed by atoms with Gasteiger partial charge in [-0.3, -0.25) is 14.7 Å². The first-order valence-corrected chi connectivity index (χ1v) is 12.0. The first kappa shape index (κ1) is 24.4. The van der Waals surface area contributed by atoms with Gasteiger partial charge < -0.3 is 5.11 Å². The fourth-order valence-electron chi connectivity index (χ4n) is 3.28. The second-order valence-electron chi connectivity index (χ2n) is 7.97. The molecule has 1 unspecified atom stereocenters. The molecule has 33 heavy (non-hydrogen) atoms. The van der Waals surface area contributed by atoms with Gasteiger partial charge in [0.2, 0.25) is 0 Å². The molecular formula is C23H24FN3O5S. The quantitative estimate of drug-likeness (QED) is 0.287. The molecule has 1 heterocycles. The second kappa shape index (κ2) is 9.31. The predicted octanol–water partition coefficient (Wildman–Crippen LogP) is 2.33. The molecule has 0 fully saturated rings. The highest BCUT2D eigenvalue weighted by atomic mass is 32.2. The third-order valence-corrected chi connectivity index (χ3v) is 7.72. The Bertz CT molecular complexity index is 1350. The van der Waals surface area contributed by atoms with E-state index in [9.17, 15) is 18.3 Å². The highest BCUT2D eigenvalue weighted by Gasteiger charge is 2.43. The minimum atomic E-state index is -3.86. The lowest BCUT2D eigenvalue weighted by Crippen LogP contribution is -2.49. The Labute approximate surface area is 190 Å². The number of nitrogens with one attached hydrogen (secondary N) is 1. The number of hydrogen-bond acceptors (Lipinski definition) is 6. The number of aryl methyl sites for hydroxylation is 1. The first-order chi connectivity index (χ1) is 15.5. The molecule has 0 saturated heterocycles. The lowest BCUT2D eigenvalue weighted by Gasteiger charge is -2.25. The number of rotatable bonds is 6. The van der Waals surface area contributed by atoms with Crippen LogP contribution in [-0.2, 0) is 21.2 Å². The molecule has 1 amide bonds. The molecule has 0 radical (unpaired) electrons. The zero-order chi connectivity index (χ0) is 24.4. The average Bonchev–Trinajstić information content (AvgIpc) is 3.19. The van der Waals surface area contributed by atoms with Gasteiger partial charge in [0.05, 0.1) is 28.8 Å². The molecule has 3 aromatic rings. The van der Waals surface area contributed by atoms with E-state index < -0.39 is 32.4 Å². The lowest BCUT2D eigenvalue weighted by molar-refractivity contribution is -0.131. The molecule has 0 aliphatic heterocycles.